The molecule has 0 radical (unpaired) electrons. The molecule has 4 atom stereocenters. The zero-order chi connectivity index (χ0) is 16.2. The van der Waals surface area contributed by atoms with Crippen molar-refractivity contribution in [2.24, 2.45) is 5.92 Å². The molecule has 23 heavy (non-hydrogen) atoms. The lowest BCUT2D eigenvalue weighted by Gasteiger charge is -2.33. The number of hydrogen-bond donors (Lipinski definition) is 1. The highest BCUT2D eigenvalue weighted by atomic mass is 16.5. The number of nitrogens with zero attached hydrogens (tertiary/aromatic N) is 1. The minimum absolute atomic E-state index is 0.0310. The van der Waals surface area contributed by atoms with Gasteiger partial charge in [-0.1, -0.05) is 6.92 Å². The van der Waals surface area contributed by atoms with E-state index in [1.807, 2.05) is 12.1 Å². The van der Waals surface area contributed by atoms with Gasteiger partial charge >= 0.3 is 0 Å². The molecule has 1 N–H and O–H groups in total. The molecule has 0 bridgehead atoms. The Kier molecular flexibility index (Phi) is 5.13. The molecule has 2 aliphatic heterocycles. The molecular weight excluding hydrogens is 296 g/mol. The van der Waals surface area contributed by atoms with Gasteiger partial charge in [0.1, 0.15) is 12.2 Å². The van der Waals surface area contributed by atoms with Crippen molar-refractivity contribution in [1.82, 2.24) is 10.3 Å². The van der Waals surface area contributed by atoms with E-state index in [1.165, 1.54) is 0 Å². The number of aromatic nitrogens is 1. The van der Waals surface area contributed by atoms with Crippen LogP contribution < -0.4 is 10.1 Å². The Morgan fingerprint density at radius 2 is 2.22 bits per heavy atom. The van der Waals surface area contributed by atoms with Crippen molar-refractivity contribution in [3.05, 3.63) is 23.9 Å². The van der Waals surface area contributed by atoms with Crippen LogP contribution in [0.25, 0.3) is 0 Å². The summed E-state index contributed by atoms with van der Waals surface area (Å²) in [5.74, 6) is 0.782. The molecule has 1 aromatic rings. The van der Waals surface area contributed by atoms with Gasteiger partial charge in [-0.05, 0) is 36.8 Å². The van der Waals surface area contributed by atoms with Crippen LogP contribution >= 0.6 is 0 Å². The number of carbonyl (C=O) groups is 1. The lowest BCUT2D eigenvalue weighted by molar-refractivity contribution is -0.134. The van der Waals surface area contributed by atoms with Crippen LogP contribution in [0.15, 0.2) is 18.3 Å². The fourth-order valence-corrected chi connectivity index (χ4v) is 3.27. The number of amides is 1. The maximum Gasteiger partial charge on any atom is 0.249 e. The van der Waals surface area contributed by atoms with E-state index in [1.54, 1.807) is 13.3 Å². The van der Waals surface area contributed by atoms with Gasteiger partial charge in [0.2, 0.25) is 11.8 Å². The summed E-state index contributed by atoms with van der Waals surface area (Å²) in [7, 11) is 1.59. The first kappa shape index (κ1) is 16.2. The van der Waals surface area contributed by atoms with Crippen LogP contribution in [0.2, 0.25) is 0 Å². The number of rotatable bonds is 4. The Labute approximate surface area is 136 Å². The zero-order valence-corrected chi connectivity index (χ0v) is 13.7. The quantitative estimate of drug-likeness (QED) is 0.917. The maximum atomic E-state index is 12.5. The summed E-state index contributed by atoms with van der Waals surface area (Å²) in [6.07, 6.45) is 3.94. The second kappa shape index (κ2) is 7.27. The van der Waals surface area contributed by atoms with Crippen molar-refractivity contribution in [3.63, 3.8) is 0 Å². The summed E-state index contributed by atoms with van der Waals surface area (Å²) < 4.78 is 16.7. The molecule has 1 aromatic heterocycles. The predicted octanol–water partition coefficient (Wildman–Crippen LogP) is 1.85. The second-order valence-electron chi connectivity index (χ2n) is 6.24. The van der Waals surface area contributed by atoms with Gasteiger partial charge in [-0.25, -0.2) is 4.98 Å². The van der Waals surface area contributed by atoms with E-state index in [2.05, 4.69) is 17.2 Å². The Morgan fingerprint density at radius 1 is 1.35 bits per heavy atom. The van der Waals surface area contributed by atoms with Gasteiger partial charge in [0.05, 0.1) is 13.2 Å². The van der Waals surface area contributed by atoms with Crippen LogP contribution in [-0.4, -0.2) is 43.4 Å². The Bertz CT molecular complexity index is 551. The largest absolute Gasteiger partial charge is 0.481 e. The Hall–Kier alpha value is -1.66. The fraction of sp³-hybridized carbons (Fsp3) is 0.647. The number of nitrogens with one attached hydrogen (secondary N) is 1. The van der Waals surface area contributed by atoms with Gasteiger partial charge in [-0.3, -0.25) is 4.79 Å². The van der Waals surface area contributed by atoms with E-state index in [0.717, 1.165) is 24.8 Å². The Morgan fingerprint density at radius 3 is 2.96 bits per heavy atom. The molecule has 0 aliphatic carbocycles. The van der Waals surface area contributed by atoms with E-state index >= 15 is 0 Å². The van der Waals surface area contributed by atoms with Crippen molar-refractivity contribution >= 4 is 5.91 Å². The standard InChI is InChI=1S/C17H24N2O4/c1-11-6-9-23-15(11)17(20)19-13-4-3-8-22-16(13)12-5-7-18-14(10-12)21-2/h5,7,10-11,13,15-16H,3-4,6,8-9H2,1-2H3,(H,19,20)/t11?,13-,15?,16+/m0/s1. The molecule has 3 heterocycles. The smallest absolute Gasteiger partial charge is 0.249 e. The third kappa shape index (κ3) is 3.64. The van der Waals surface area contributed by atoms with Gasteiger partial charge in [-0.2, -0.15) is 0 Å². The molecule has 2 fully saturated rings. The minimum Gasteiger partial charge on any atom is -0.481 e. The normalized spacial score (nSPS) is 30.9. The number of carbonyl (C=O) groups excluding carboxylic acids is 1. The average molecular weight is 320 g/mol. The molecule has 126 valence electrons. The fourth-order valence-electron chi connectivity index (χ4n) is 3.27. The van der Waals surface area contributed by atoms with Gasteiger partial charge in [0, 0.05) is 25.5 Å². The first-order valence-corrected chi connectivity index (χ1v) is 8.22. The average Bonchev–Trinajstić information content (AvgIpc) is 3.01. The highest BCUT2D eigenvalue weighted by molar-refractivity contribution is 5.81. The molecule has 0 spiro atoms. The van der Waals surface area contributed by atoms with Crippen LogP contribution in [0.4, 0.5) is 0 Å². The summed E-state index contributed by atoms with van der Waals surface area (Å²) in [5.41, 5.74) is 0.974. The lowest BCUT2D eigenvalue weighted by atomic mass is 9.95. The van der Waals surface area contributed by atoms with Crippen LogP contribution in [0.1, 0.15) is 37.9 Å². The number of pyridine rings is 1. The monoisotopic (exact) mass is 320 g/mol. The maximum absolute atomic E-state index is 12.5. The molecule has 2 aliphatic rings. The van der Waals surface area contributed by atoms with Gasteiger partial charge < -0.3 is 19.5 Å². The van der Waals surface area contributed by atoms with Crippen LogP contribution in [-0.2, 0) is 14.3 Å². The van der Waals surface area contributed by atoms with Gasteiger partial charge in [0.15, 0.2) is 0 Å². The van der Waals surface area contributed by atoms with Gasteiger partial charge in [0.25, 0.3) is 0 Å². The molecule has 6 heteroatoms. The summed E-state index contributed by atoms with van der Waals surface area (Å²) in [5, 5.41) is 3.13. The van der Waals surface area contributed by atoms with E-state index < -0.39 is 0 Å². The summed E-state index contributed by atoms with van der Waals surface area (Å²) in [6, 6.07) is 3.72. The highest BCUT2D eigenvalue weighted by Crippen LogP contribution is 2.30. The predicted molar refractivity (Wildman–Crippen MR) is 84.2 cm³/mol. The first-order valence-electron chi connectivity index (χ1n) is 8.22. The summed E-state index contributed by atoms with van der Waals surface area (Å²) >= 11 is 0. The molecule has 6 nitrogen and oxygen atoms in total. The minimum atomic E-state index is -0.343. The van der Waals surface area contributed by atoms with Gasteiger partial charge in [-0.15, -0.1) is 0 Å². The van der Waals surface area contributed by atoms with Crippen molar-refractivity contribution < 1.29 is 19.0 Å². The first-order chi connectivity index (χ1) is 11.2. The number of hydrogen-bond acceptors (Lipinski definition) is 5. The number of methoxy groups -OCH3 is 1. The third-order valence-corrected chi connectivity index (χ3v) is 4.59. The summed E-state index contributed by atoms with van der Waals surface area (Å²) in [4.78, 5) is 16.6. The number of ether oxygens (including phenoxy) is 3. The van der Waals surface area contributed by atoms with Crippen molar-refractivity contribution in [2.75, 3.05) is 20.3 Å². The van der Waals surface area contributed by atoms with E-state index in [9.17, 15) is 4.79 Å². The lowest BCUT2D eigenvalue weighted by Crippen LogP contribution is -2.47. The Balaban J connectivity index is 1.72. The van der Waals surface area contributed by atoms with E-state index in [-0.39, 0.29) is 30.1 Å². The van der Waals surface area contributed by atoms with Crippen LogP contribution in [0, 0.1) is 5.92 Å². The highest BCUT2D eigenvalue weighted by Gasteiger charge is 2.35. The molecule has 2 saturated heterocycles. The van der Waals surface area contributed by atoms with Crippen molar-refractivity contribution in [1.29, 1.82) is 0 Å². The molecule has 2 unspecified atom stereocenters. The summed E-state index contributed by atoms with van der Waals surface area (Å²) in [6.45, 7) is 3.41. The zero-order valence-electron chi connectivity index (χ0n) is 13.7. The molecule has 0 aromatic carbocycles. The second-order valence-corrected chi connectivity index (χ2v) is 6.24. The third-order valence-electron chi connectivity index (χ3n) is 4.59. The van der Waals surface area contributed by atoms with Crippen LogP contribution in [0.3, 0.4) is 0 Å². The van der Waals surface area contributed by atoms with Crippen LogP contribution in [0.5, 0.6) is 5.88 Å². The van der Waals surface area contributed by atoms with E-state index in [4.69, 9.17) is 14.2 Å². The molecule has 0 saturated carbocycles. The molecule has 3 rings (SSSR count). The van der Waals surface area contributed by atoms with E-state index in [0.29, 0.717) is 19.1 Å². The van der Waals surface area contributed by atoms with Crippen molar-refractivity contribution in [3.8, 4) is 5.88 Å². The topological polar surface area (TPSA) is 69.7 Å². The molecule has 1 amide bonds. The SMILES string of the molecule is COc1cc([C@H]2OCCC[C@@H]2NC(=O)C2OCCC2C)ccn1. The van der Waals surface area contributed by atoms with Crippen molar-refractivity contribution in [2.45, 2.75) is 44.4 Å². The molecular formula is C17H24N2O4.